The van der Waals surface area contributed by atoms with Gasteiger partial charge in [0.15, 0.2) is 0 Å². The zero-order valence-electron chi connectivity index (χ0n) is 9.53. The van der Waals surface area contributed by atoms with Crippen LogP contribution < -0.4 is 0 Å². The number of carbonyl (C=O) groups is 1. The monoisotopic (exact) mass is 241 g/mol. The van der Waals surface area contributed by atoms with Gasteiger partial charge in [0.2, 0.25) is 0 Å². The van der Waals surface area contributed by atoms with E-state index in [4.69, 9.17) is 4.74 Å². The summed E-state index contributed by atoms with van der Waals surface area (Å²) in [6.07, 6.45) is -0.226. The van der Waals surface area contributed by atoms with Gasteiger partial charge in [-0.1, -0.05) is 0 Å². The third kappa shape index (κ3) is 3.24. The van der Waals surface area contributed by atoms with Crippen LogP contribution >= 0.6 is 0 Å². The number of halogens is 1. The van der Waals surface area contributed by atoms with Crippen LogP contribution in [0.15, 0.2) is 12.1 Å². The number of aryl methyl sites for hydroxylation is 1. The summed E-state index contributed by atoms with van der Waals surface area (Å²) in [5.41, 5.74) is 0.162. The molecule has 0 spiro atoms. The normalized spacial score (nSPS) is 10.1. The Morgan fingerprint density at radius 3 is 2.71 bits per heavy atom. The Hall–Kier alpha value is -1.98. The van der Waals surface area contributed by atoms with E-state index >= 15 is 0 Å². The molecule has 0 aliphatic rings. The van der Waals surface area contributed by atoms with Gasteiger partial charge in [-0.25, -0.2) is 4.39 Å². The van der Waals surface area contributed by atoms with Crippen molar-refractivity contribution in [3.63, 3.8) is 0 Å². The highest BCUT2D eigenvalue weighted by atomic mass is 19.1. The number of carbonyl (C=O) groups excluding carboxylic acids is 1. The average Bonchev–Trinajstić information content (AvgIpc) is 2.21. The first kappa shape index (κ1) is 13.1. The van der Waals surface area contributed by atoms with Crippen molar-refractivity contribution in [2.45, 2.75) is 20.3 Å². The summed E-state index contributed by atoms with van der Waals surface area (Å²) in [7, 11) is 0. The van der Waals surface area contributed by atoms with Gasteiger partial charge >= 0.3 is 5.97 Å². The van der Waals surface area contributed by atoms with Crippen LogP contribution in [0.1, 0.15) is 18.1 Å². The first-order valence-electron chi connectivity index (χ1n) is 5.04. The summed E-state index contributed by atoms with van der Waals surface area (Å²) >= 11 is 0. The van der Waals surface area contributed by atoms with Crippen LogP contribution in [0.4, 0.5) is 10.1 Å². The smallest absolute Gasteiger partial charge is 0.310 e. The van der Waals surface area contributed by atoms with Gasteiger partial charge in [0.05, 0.1) is 24.0 Å². The van der Waals surface area contributed by atoms with Crippen LogP contribution in [0.3, 0.4) is 0 Å². The van der Waals surface area contributed by atoms with Crippen molar-refractivity contribution in [3.05, 3.63) is 39.2 Å². The van der Waals surface area contributed by atoms with Crippen molar-refractivity contribution in [1.29, 1.82) is 0 Å². The zero-order valence-corrected chi connectivity index (χ0v) is 9.53. The molecule has 17 heavy (non-hydrogen) atoms. The Kier molecular flexibility index (Phi) is 4.14. The molecule has 0 saturated carbocycles. The van der Waals surface area contributed by atoms with Crippen molar-refractivity contribution in [2.24, 2.45) is 0 Å². The van der Waals surface area contributed by atoms with E-state index in [2.05, 4.69) is 0 Å². The second-order valence-corrected chi connectivity index (χ2v) is 3.46. The number of rotatable bonds is 4. The molecule has 6 heteroatoms. The molecule has 0 heterocycles. The van der Waals surface area contributed by atoms with Crippen LogP contribution in [0.2, 0.25) is 0 Å². The maximum absolute atomic E-state index is 13.0. The average molecular weight is 241 g/mol. The molecule has 0 N–H and O–H groups in total. The van der Waals surface area contributed by atoms with Gasteiger partial charge in [-0.2, -0.15) is 0 Å². The lowest BCUT2D eigenvalue weighted by atomic mass is 10.0. The maximum atomic E-state index is 13.0. The van der Waals surface area contributed by atoms with Gasteiger partial charge in [-0.15, -0.1) is 0 Å². The highest BCUT2D eigenvalue weighted by Crippen LogP contribution is 2.24. The number of hydrogen-bond acceptors (Lipinski definition) is 4. The first-order valence-corrected chi connectivity index (χ1v) is 5.04. The number of nitro benzene ring substituents is 1. The lowest BCUT2D eigenvalue weighted by Gasteiger charge is -2.06. The Morgan fingerprint density at radius 2 is 2.18 bits per heavy atom. The molecule has 1 aromatic rings. The van der Waals surface area contributed by atoms with Crippen molar-refractivity contribution in [1.82, 2.24) is 0 Å². The minimum atomic E-state index is -0.704. The van der Waals surface area contributed by atoms with E-state index in [1.54, 1.807) is 6.92 Å². The molecule has 0 bridgehead atoms. The van der Waals surface area contributed by atoms with Gasteiger partial charge in [0.25, 0.3) is 5.69 Å². The van der Waals surface area contributed by atoms with E-state index in [1.807, 2.05) is 0 Å². The lowest BCUT2D eigenvalue weighted by Crippen LogP contribution is -2.10. The fourth-order valence-electron chi connectivity index (χ4n) is 1.50. The van der Waals surface area contributed by atoms with Crippen molar-refractivity contribution in [3.8, 4) is 0 Å². The quantitative estimate of drug-likeness (QED) is 0.460. The molecule has 0 amide bonds. The van der Waals surface area contributed by atoms with E-state index in [0.717, 1.165) is 12.1 Å². The molecule has 92 valence electrons. The van der Waals surface area contributed by atoms with Crippen molar-refractivity contribution in [2.75, 3.05) is 6.61 Å². The molecule has 0 aliphatic heterocycles. The van der Waals surface area contributed by atoms with Crippen LogP contribution in [0.25, 0.3) is 0 Å². The van der Waals surface area contributed by atoms with E-state index in [-0.39, 0.29) is 18.6 Å². The van der Waals surface area contributed by atoms with Gasteiger partial charge in [0.1, 0.15) is 5.82 Å². The van der Waals surface area contributed by atoms with Gasteiger partial charge < -0.3 is 4.74 Å². The molecule has 1 rings (SSSR count). The fraction of sp³-hybridized carbons (Fsp3) is 0.364. The van der Waals surface area contributed by atoms with Crippen LogP contribution in [-0.4, -0.2) is 17.5 Å². The number of nitro groups is 1. The minimum absolute atomic E-state index is 0.190. The highest BCUT2D eigenvalue weighted by Gasteiger charge is 2.20. The van der Waals surface area contributed by atoms with E-state index in [9.17, 15) is 19.3 Å². The lowest BCUT2D eigenvalue weighted by molar-refractivity contribution is -0.385. The Balaban J connectivity index is 3.12. The molecule has 1 aromatic carbocycles. The molecule has 0 atom stereocenters. The van der Waals surface area contributed by atoms with Crippen molar-refractivity contribution < 1.29 is 18.8 Å². The third-order valence-electron chi connectivity index (χ3n) is 2.24. The third-order valence-corrected chi connectivity index (χ3v) is 2.24. The predicted octanol–water partition coefficient (Wildman–Crippen LogP) is 2.15. The number of ether oxygens (including phenoxy) is 1. The second kappa shape index (κ2) is 5.38. The Labute approximate surface area is 97.3 Å². The molecule has 0 unspecified atom stereocenters. The van der Waals surface area contributed by atoms with E-state index < -0.39 is 22.4 Å². The predicted molar refractivity (Wildman–Crippen MR) is 58.1 cm³/mol. The molecular formula is C11H12FNO4. The fourth-order valence-corrected chi connectivity index (χ4v) is 1.50. The molecule has 0 radical (unpaired) electrons. The highest BCUT2D eigenvalue weighted by molar-refractivity contribution is 5.74. The number of hydrogen-bond donors (Lipinski definition) is 0. The van der Waals surface area contributed by atoms with Crippen molar-refractivity contribution >= 4 is 11.7 Å². The van der Waals surface area contributed by atoms with Crippen LogP contribution in [-0.2, 0) is 16.0 Å². The van der Waals surface area contributed by atoms with Crippen LogP contribution in [0, 0.1) is 22.9 Å². The summed E-state index contributed by atoms with van der Waals surface area (Å²) in [6, 6.07) is 1.96. The summed E-state index contributed by atoms with van der Waals surface area (Å²) in [5.74, 6) is -1.26. The van der Waals surface area contributed by atoms with E-state index in [1.165, 1.54) is 6.92 Å². The topological polar surface area (TPSA) is 69.4 Å². The Bertz CT molecular complexity index is 459. The van der Waals surface area contributed by atoms with Gasteiger partial charge in [0, 0.05) is 5.56 Å². The minimum Gasteiger partial charge on any atom is -0.466 e. The standard InChI is InChI=1S/C11H12FNO4/c1-3-17-11(14)6-9-7(2)4-8(12)5-10(9)13(15)16/h4-5H,3,6H2,1-2H3. The zero-order chi connectivity index (χ0) is 13.0. The summed E-state index contributed by atoms with van der Waals surface area (Å²) < 4.78 is 17.7. The molecule has 5 nitrogen and oxygen atoms in total. The summed E-state index contributed by atoms with van der Waals surface area (Å²) in [4.78, 5) is 21.3. The Morgan fingerprint density at radius 1 is 1.53 bits per heavy atom. The summed E-state index contributed by atoms with van der Waals surface area (Å²) in [5, 5.41) is 10.8. The van der Waals surface area contributed by atoms with E-state index in [0.29, 0.717) is 5.56 Å². The SMILES string of the molecule is CCOC(=O)Cc1c(C)cc(F)cc1[N+](=O)[O-]. The number of benzene rings is 1. The number of esters is 1. The number of nitrogens with zero attached hydrogens (tertiary/aromatic N) is 1. The first-order chi connectivity index (χ1) is 7.95. The van der Waals surface area contributed by atoms with Gasteiger partial charge in [-0.05, 0) is 25.5 Å². The molecular weight excluding hydrogens is 229 g/mol. The van der Waals surface area contributed by atoms with Gasteiger partial charge in [-0.3, -0.25) is 14.9 Å². The largest absolute Gasteiger partial charge is 0.466 e. The summed E-state index contributed by atoms with van der Waals surface area (Å²) in [6.45, 7) is 3.36. The molecule has 0 fully saturated rings. The maximum Gasteiger partial charge on any atom is 0.310 e. The molecule has 0 saturated heterocycles. The molecule has 0 aromatic heterocycles. The molecule has 0 aliphatic carbocycles. The second-order valence-electron chi connectivity index (χ2n) is 3.46. The van der Waals surface area contributed by atoms with Crippen LogP contribution in [0.5, 0.6) is 0 Å².